The van der Waals surface area contributed by atoms with E-state index in [0.29, 0.717) is 24.9 Å². The predicted molar refractivity (Wildman–Crippen MR) is 85.3 cm³/mol. The Kier molecular flexibility index (Phi) is 4.38. The van der Waals surface area contributed by atoms with Gasteiger partial charge in [-0.25, -0.2) is 15.0 Å². The maximum Gasteiger partial charge on any atom is 0.251 e. The van der Waals surface area contributed by atoms with Crippen molar-refractivity contribution in [2.45, 2.75) is 39.8 Å². The molecule has 0 radical (unpaired) electrons. The minimum atomic E-state index is -0.116. The largest absolute Gasteiger partial charge is 0.478 e. The lowest BCUT2D eigenvalue weighted by atomic mass is 10.0. The number of rotatable bonds is 4. The summed E-state index contributed by atoms with van der Waals surface area (Å²) in [5.41, 5.74) is 2.68. The zero-order valence-electron chi connectivity index (χ0n) is 13.7. The van der Waals surface area contributed by atoms with Crippen molar-refractivity contribution in [1.29, 1.82) is 0 Å². The lowest BCUT2D eigenvalue weighted by Gasteiger charge is -2.32. The Morgan fingerprint density at radius 3 is 3.00 bits per heavy atom. The van der Waals surface area contributed by atoms with E-state index in [1.54, 1.807) is 6.33 Å². The Balaban J connectivity index is 1.87. The smallest absolute Gasteiger partial charge is 0.251 e. The first-order chi connectivity index (χ1) is 11.1. The minimum Gasteiger partial charge on any atom is -0.478 e. The average molecular weight is 315 g/mol. The third-order valence-corrected chi connectivity index (χ3v) is 4.10. The van der Waals surface area contributed by atoms with Gasteiger partial charge in [0.1, 0.15) is 12.2 Å². The molecule has 3 heterocycles. The second-order valence-corrected chi connectivity index (χ2v) is 5.71. The third-order valence-electron chi connectivity index (χ3n) is 4.10. The molecule has 1 unspecified atom stereocenters. The highest BCUT2D eigenvalue weighted by molar-refractivity contribution is 5.32. The van der Waals surface area contributed by atoms with Crippen LogP contribution in [0.15, 0.2) is 17.2 Å². The van der Waals surface area contributed by atoms with Gasteiger partial charge in [0, 0.05) is 36.8 Å². The first-order valence-corrected chi connectivity index (χ1v) is 7.86. The van der Waals surface area contributed by atoms with E-state index in [1.807, 2.05) is 20.8 Å². The molecule has 2 aromatic heterocycles. The molecule has 23 heavy (non-hydrogen) atoms. The van der Waals surface area contributed by atoms with Crippen molar-refractivity contribution in [1.82, 2.24) is 24.8 Å². The number of nitrogens with zero attached hydrogens (tertiary/aromatic N) is 4. The first-order valence-electron chi connectivity index (χ1n) is 7.86. The van der Waals surface area contributed by atoms with Gasteiger partial charge in [-0.3, -0.25) is 9.69 Å². The first kappa shape index (κ1) is 15.6. The number of aromatic nitrogens is 4. The molecule has 0 saturated heterocycles. The predicted octanol–water partition coefficient (Wildman–Crippen LogP) is 1.39. The van der Waals surface area contributed by atoms with Gasteiger partial charge in [-0.05, 0) is 20.8 Å². The van der Waals surface area contributed by atoms with E-state index in [-0.39, 0.29) is 11.6 Å². The molecule has 0 aliphatic carbocycles. The summed E-state index contributed by atoms with van der Waals surface area (Å²) in [6.45, 7) is 7.94. The van der Waals surface area contributed by atoms with Crippen molar-refractivity contribution >= 4 is 0 Å². The topological polar surface area (TPSA) is 84.0 Å². The van der Waals surface area contributed by atoms with Crippen LogP contribution in [0.4, 0.5) is 0 Å². The molecule has 0 aromatic carbocycles. The van der Waals surface area contributed by atoms with Crippen LogP contribution in [0.3, 0.4) is 0 Å². The van der Waals surface area contributed by atoms with Crippen LogP contribution >= 0.6 is 0 Å². The quantitative estimate of drug-likeness (QED) is 0.918. The van der Waals surface area contributed by atoms with E-state index in [1.165, 1.54) is 6.07 Å². The van der Waals surface area contributed by atoms with Crippen LogP contribution < -0.4 is 10.3 Å². The SMILES string of the molecule is CCOc1ncnc2c1CN(C(C)c1nc(C)cc(=O)[nH]1)CC2. The molecule has 2 aromatic rings. The standard InChI is InChI=1S/C16H21N5O2/c1-4-23-16-12-8-21(6-5-13(12)17-9-18-16)11(3)15-19-10(2)7-14(22)20-15/h7,9,11H,4-6,8H2,1-3H3,(H,19,20,22). The van der Waals surface area contributed by atoms with Gasteiger partial charge in [0.25, 0.3) is 5.56 Å². The lowest BCUT2D eigenvalue weighted by molar-refractivity contribution is 0.177. The van der Waals surface area contributed by atoms with Crippen molar-refractivity contribution in [2.75, 3.05) is 13.2 Å². The number of aromatic amines is 1. The van der Waals surface area contributed by atoms with E-state index in [2.05, 4.69) is 24.8 Å². The molecule has 0 bridgehead atoms. The highest BCUT2D eigenvalue weighted by atomic mass is 16.5. The summed E-state index contributed by atoms with van der Waals surface area (Å²) < 4.78 is 5.63. The number of hydrogen-bond donors (Lipinski definition) is 1. The average Bonchev–Trinajstić information content (AvgIpc) is 2.53. The summed E-state index contributed by atoms with van der Waals surface area (Å²) in [5, 5.41) is 0. The zero-order chi connectivity index (χ0) is 16.4. The Morgan fingerprint density at radius 1 is 1.43 bits per heavy atom. The van der Waals surface area contributed by atoms with Gasteiger partial charge in [0.15, 0.2) is 0 Å². The number of aryl methyl sites for hydroxylation is 1. The molecular weight excluding hydrogens is 294 g/mol. The van der Waals surface area contributed by atoms with E-state index in [9.17, 15) is 4.79 Å². The lowest BCUT2D eigenvalue weighted by Crippen LogP contribution is -2.35. The minimum absolute atomic E-state index is 0.00503. The van der Waals surface area contributed by atoms with Gasteiger partial charge in [-0.15, -0.1) is 0 Å². The monoisotopic (exact) mass is 315 g/mol. The molecule has 122 valence electrons. The Bertz CT molecular complexity index is 758. The van der Waals surface area contributed by atoms with E-state index in [4.69, 9.17) is 4.74 Å². The summed E-state index contributed by atoms with van der Waals surface area (Å²) in [6.07, 6.45) is 2.39. The fourth-order valence-electron chi connectivity index (χ4n) is 2.90. The van der Waals surface area contributed by atoms with Crippen LogP contribution in [0.1, 0.15) is 42.7 Å². The summed E-state index contributed by atoms with van der Waals surface area (Å²) in [7, 11) is 0. The van der Waals surface area contributed by atoms with E-state index in [0.717, 1.165) is 29.9 Å². The van der Waals surface area contributed by atoms with Gasteiger partial charge in [-0.2, -0.15) is 0 Å². The van der Waals surface area contributed by atoms with Crippen LogP contribution in [-0.2, 0) is 13.0 Å². The maximum atomic E-state index is 11.7. The normalized spacial score (nSPS) is 16.0. The molecule has 0 amide bonds. The Morgan fingerprint density at radius 2 is 2.26 bits per heavy atom. The van der Waals surface area contributed by atoms with E-state index < -0.39 is 0 Å². The second-order valence-electron chi connectivity index (χ2n) is 5.71. The number of ether oxygens (including phenoxy) is 1. The highest BCUT2D eigenvalue weighted by Gasteiger charge is 2.26. The molecular formula is C16H21N5O2. The van der Waals surface area contributed by atoms with Crippen LogP contribution in [-0.4, -0.2) is 38.0 Å². The summed E-state index contributed by atoms with van der Waals surface area (Å²) in [5.74, 6) is 1.34. The number of hydrogen-bond acceptors (Lipinski definition) is 6. The zero-order valence-corrected chi connectivity index (χ0v) is 13.7. The number of fused-ring (bicyclic) bond motifs is 1. The van der Waals surface area contributed by atoms with Gasteiger partial charge < -0.3 is 9.72 Å². The molecule has 3 rings (SSSR count). The second kappa shape index (κ2) is 6.45. The van der Waals surface area contributed by atoms with Crippen molar-refractivity contribution < 1.29 is 4.74 Å². The summed E-state index contributed by atoms with van der Waals surface area (Å²) in [4.78, 5) is 29.8. The van der Waals surface area contributed by atoms with Gasteiger partial charge >= 0.3 is 0 Å². The van der Waals surface area contributed by atoms with Crippen LogP contribution in [0.25, 0.3) is 0 Å². The molecule has 0 fully saturated rings. The molecule has 1 atom stereocenters. The molecule has 7 nitrogen and oxygen atoms in total. The maximum absolute atomic E-state index is 11.7. The molecule has 0 saturated carbocycles. The highest BCUT2D eigenvalue weighted by Crippen LogP contribution is 2.29. The summed E-state index contributed by atoms with van der Waals surface area (Å²) in [6, 6.07) is 1.51. The molecule has 7 heteroatoms. The summed E-state index contributed by atoms with van der Waals surface area (Å²) >= 11 is 0. The van der Waals surface area contributed by atoms with Gasteiger partial charge in [-0.1, -0.05) is 0 Å². The van der Waals surface area contributed by atoms with Crippen molar-refractivity contribution in [2.24, 2.45) is 0 Å². The Labute approximate surface area is 134 Å². The van der Waals surface area contributed by atoms with Crippen molar-refractivity contribution in [3.8, 4) is 5.88 Å². The molecule has 1 aliphatic heterocycles. The van der Waals surface area contributed by atoms with Crippen LogP contribution in [0, 0.1) is 6.92 Å². The third kappa shape index (κ3) is 3.24. The van der Waals surface area contributed by atoms with Crippen molar-refractivity contribution in [3.63, 3.8) is 0 Å². The molecule has 1 aliphatic rings. The van der Waals surface area contributed by atoms with Crippen LogP contribution in [0.5, 0.6) is 5.88 Å². The Hall–Kier alpha value is -2.28. The van der Waals surface area contributed by atoms with E-state index >= 15 is 0 Å². The molecule has 1 N–H and O–H groups in total. The van der Waals surface area contributed by atoms with Crippen molar-refractivity contribution in [3.05, 3.63) is 45.5 Å². The number of nitrogens with one attached hydrogen (secondary N) is 1. The van der Waals surface area contributed by atoms with Gasteiger partial charge in [0.2, 0.25) is 5.88 Å². The molecule has 0 spiro atoms. The number of H-pyrrole nitrogens is 1. The fourth-order valence-corrected chi connectivity index (χ4v) is 2.90. The fraction of sp³-hybridized carbons (Fsp3) is 0.500. The van der Waals surface area contributed by atoms with Crippen LogP contribution in [0.2, 0.25) is 0 Å². The van der Waals surface area contributed by atoms with Gasteiger partial charge in [0.05, 0.1) is 18.3 Å².